The van der Waals surface area contributed by atoms with Gasteiger partial charge in [0.05, 0.1) is 13.2 Å². The average Bonchev–Trinajstić information content (AvgIpc) is 2.47. The molecule has 0 saturated carbocycles. The number of aliphatic hydroxyl groups is 1. The summed E-state index contributed by atoms with van der Waals surface area (Å²) in [5.41, 5.74) is 1.66. The topological polar surface area (TPSA) is 46.1 Å². The van der Waals surface area contributed by atoms with Crippen molar-refractivity contribution in [3.63, 3.8) is 0 Å². The largest absolute Gasteiger partial charge is 0.489 e. The summed E-state index contributed by atoms with van der Waals surface area (Å²) in [6.45, 7) is 1.86. The quantitative estimate of drug-likeness (QED) is 0.752. The highest BCUT2D eigenvalue weighted by Crippen LogP contribution is 2.15. The molecular formula is C16H19FNO2+. The summed E-state index contributed by atoms with van der Waals surface area (Å²) in [4.78, 5) is 0. The van der Waals surface area contributed by atoms with E-state index in [1.54, 1.807) is 18.2 Å². The zero-order valence-electron chi connectivity index (χ0n) is 11.3. The van der Waals surface area contributed by atoms with Crippen LogP contribution in [0.1, 0.15) is 11.1 Å². The van der Waals surface area contributed by atoms with Gasteiger partial charge in [-0.25, -0.2) is 4.39 Å². The van der Waals surface area contributed by atoms with Crippen molar-refractivity contribution >= 4 is 0 Å². The van der Waals surface area contributed by atoms with Crippen LogP contribution in [0.5, 0.6) is 5.75 Å². The maximum Gasteiger partial charge on any atom is 0.129 e. The molecule has 0 radical (unpaired) electrons. The molecule has 0 fully saturated rings. The molecule has 0 aromatic heterocycles. The van der Waals surface area contributed by atoms with E-state index >= 15 is 0 Å². The van der Waals surface area contributed by atoms with Crippen molar-refractivity contribution in [1.82, 2.24) is 0 Å². The lowest BCUT2D eigenvalue weighted by atomic mass is 10.2. The van der Waals surface area contributed by atoms with E-state index in [-0.39, 0.29) is 19.0 Å². The summed E-state index contributed by atoms with van der Waals surface area (Å²) in [5, 5.41) is 10.8. The van der Waals surface area contributed by atoms with E-state index in [4.69, 9.17) is 9.84 Å². The molecule has 2 aromatic carbocycles. The van der Waals surface area contributed by atoms with Crippen LogP contribution in [0.15, 0.2) is 48.5 Å². The smallest absolute Gasteiger partial charge is 0.129 e. The van der Waals surface area contributed by atoms with E-state index in [1.807, 2.05) is 29.6 Å². The monoisotopic (exact) mass is 276 g/mol. The van der Waals surface area contributed by atoms with Crippen molar-refractivity contribution in [3.8, 4) is 5.75 Å². The van der Waals surface area contributed by atoms with Crippen LogP contribution in [-0.2, 0) is 13.2 Å². The second-order valence-electron chi connectivity index (χ2n) is 4.53. The summed E-state index contributed by atoms with van der Waals surface area (Å²) in [6.07, 6.45) is 0. The average molecular weight is 276 g/mol. The van der Waals surface area contributed by atoms with Gasteiger partial charge in [-0.2, -0.15) is 0 Å². The first kappa shape index (κ1) is 14.5. The lowest BCUT2D eigenvalue weighted by Gasteiger charge is -2.08. The van der Waals surface area contributed by atoms with Gasteiger partial charge < -0.3 is 15.2 Å². The Balaban J connectivity index is 1.93. The first-order valence-electron chi connectivity index (χ1n) is 6.67. The Labute approximate surface area is 118 Å². The molecule has 2 rings (SSSR count). The first-order chi connectivity index (χ1) is 9.79. The Morgan fingerprint density at radius 2 is 1.95 bits per heavy atom. The highest BCUT2D eigenvalue weighted by molar-refractivity contribution is 5.28. The van der Waals surface area contributed by atoms with E-state index in [0.717, 1.165) is 17.9 Å². The fourth-order valence-corrected chi connectivity index (χ4v) is 1.90. The maximum absolute atomic E-state index is 13.5. The van der Waals surface area contributed by atoms with Gasteiger partial charge in [0.1, 0.15) is 24.7 Å². The van der Waals surface area contributed by atoms with Crippen LogP contribution >= 0.6 is 0 Å². The van der Waals surface area contributed by atoms with Gasteiger partial charge >= 0.3 is 0 Å². The summed E-state index contributed by atoms with van der Waals surface area (Å²) >= 11 is 0. The molecule has 0 atom stereocenters. The van der Waals surface area contributed by atoms with E-state index < -0.39 is 0 Å². The number of rotatable bonds is 7. The molecule has 0 spiro atoms. The molecule has 2 aromatic rings. The molecule has 106 valence electrons. The fourth-order valence-electron chi connectivity index (χ4n) is 1.90. The molecule has 0 amide bonds. The molecule has 20 heavy (non-hydrogen) atoms. The Bertz CT molecular complexity index is 546. The second kappa shape index (κ2) is 7.62. The van der Waals surface area contributed by atoms with Crippen molar-refractivity contribution in [3.05, 3.63) is 65.5 Å². The normalized spacial score (nSPS) is 10.5. The van der Waals surface area contributed by atoms with Gasteiger partial charge in [0, 0.05) is 11.1 Å². The first-order valence-corrected chi connectivity index (χ1v) is 6.67. The summed E-state index contributed by atoms with van der Waals surface area (Å²) < 4.78 is 19.1. The molecule has 0 saturated heterocycles. The lowest BCUT2D eigenvalue weighted by molar-refractivity contribution is -0.671. The predicted octanol–water partition coefficient (Wildman–Crippen LogP) is 1.46. The van der Waals surface area contributed by atoms with Crippen LogP contribution in [0, 0.1) is 5.82 Å². The Morgan fingerprint density at radius 1 is 1.10 bits per heavy atom. The zero-order chi connectivity index (χ0) is 14.2. The zero-order valence-corrected chi connectivity index (χ0v) is 11.3. The predicted molar refractivity (Wildman–Crippen MR) is 74.8 cm³/mol. The number of ether oxygens (including phenoxy) is 1. The van der Waals surface area contributed by atoms with E-state index in [9.17, 15) is 4.39 Å². The Morgan fingerprint density at radius 3 is 2.75 bits per heavy atom. The van der Waals surface area contributed by atoms with E-state index in [0.29, 0.717) is 12.1 Å². The molecule has 0 aliphatic carbocycles. The lowest BCUT2D eigenvalue weighted by Crippen LogP contribution is -2.83. The maximum atomic E-state index is 13.5. The minimum Gasteiger partial charge on any atom is -0.489 e. The third-order valence-corrected chi connectivity index (χ3v) is 2.96. The van der Waals surface area contributed by atoms with Crippen molar-refractivity contribution in [1.29, 1.82) is 0 Å². The van der Waals surface area contributed by atoms with Crippen molar-refractivity contribution < 1.29 is 19.6 Å². The summed E-state index contributed by atoms with van der Waals surface area (Å²) in [5.74, 6) is 0.475. The van der Waals surface area contributed by atoms with Crippen LogP contribution in [-0.4, -0.2) is 18.3 Å². The number of hydrogen-bond donors (Lipinski definition) is 2. The summed E-state index contributed by atoms with van der Waals surface area (Å²) in [7, 11) is 0. The number of aliphatic hydroxyl groups excluding tert-OH is 1. The number of quaternary nitrogens is 1. The number of hydrogen-bond acceptors (Lipinski definition) is 2. The van der Waals surface area contributed by atoms with Crippen molar-refractivity contribution in [2.24, 2.45) is 0 Å². The van der Waals surface area contributed by atoms with E-state index in [1.165, 1.54) is 6.07 Å². The van der Waals surface area contributed by atoms with Crippen LogP contribution in [0.3, 0.4) is 0 Å². The summed E-state index contributed by atoms with van der Waals surface area (Å²) in [6, 6.07) is 14.3. The fraction of sp³-hybridized carbons (Fsp3) is 0.250. The van der Waals surface area contributed by atoms with Crippen molar-refractivity contribution in [2.45, 2.75) is 13.2 Å². The Kier molecular flexibility index (Phi) is 5.53. The van der Waals surface area contributed by atoms with Gasteiger partial charge in [-0.15, -0.1) is 0 Å². The highest BCUT2D eigenvalue weighted by Gasteiger charge is 2.03. The van der Waals surface area contributed by atoms with Crippen LogP contribution in [0.2, 0.25) is 0 Å². The van der Waals surface area contributed by atoms with Gasteiger partial charge in [0.2, 0.25) is 0 Å². The van der Waals surface area contributed by atoms with Crippen LogP contribution in [0.4, 0.5) is 4.39 Å². The molecule has 0 heterocycles. The minimum absolute atomic E-state index is 0.170. The van der Waals surface area contributed by atoms with Gasteiger partial charge in [0.25, 0.3) is 0 Å². The van der Waals surface area contributed by atoms with Gasteiger partial charge in [-0.3, -0.25) is 0 Å². The second-order valence-corrected chi connectivity index (χ2v) is 4.53. The Hall–Kier alpha value is -1.91. The SMILES string of the molecule is OCC[NH2+]Cc1cccc(OCc2ccccc2F)c1. The molecule has 0 unspecified atom stereocenters. The minimum atomic E-state index is -0.250. The van der Waals surface area contributed by atoms with E-state index in [2.05, 4.69) is 0 Å². The van der Waals surface area contributed by atoms with Gasteiger partial charge in [-0.1, -0.05) is 30.3 Å². The third-order valence-electron chi connectivity index (χ3n) is 2.96. The molecule has 3 N–H and O–H groups in total. The number of benzene rings is 2. The van der Waals surface area contributed by atoms with Crippen LogP contribution in [0.25, 0.3) is 0 Å². The molecule has 3 nitrogen and oxygen atoms in total. The van der Waals surface area contributed by atoms with Gasteiger partial charge in [-0.05, 0) is 18.2 Å². The molecule has 0 aliphatic heterocycles. The van der Waals surface area contributed by atoms with Gasteiger partial charge in [0.15, 0.2) is 0 Å². The molecular weight excluding hydrogens is 257 g/mol. The molecule has 0 bridgehead atoms. The standard InChI is InChI=1S/C16H18FNO2/c17-16-7-2-1-5-14(16)12-20-15-6-3-4-13(10-15)11-18-8-9-19/h1-7,10,18-19H,8-9,11-12H2/p+1. The highest BCUT2D eigenvalue weighted by atomic mass is 19.1. The van der Waals surface area contributed by atoms with Crippen molar-refractivity contribution in [2.75, 3.05) is 13.2 Å². The molecule has 0 aliphatic rings. The number of nitrogens with two attached hydrogens (primary N) is 1. The third kappa shape index (κ3) is 4.33. The number of halogens is 1. The van der Waals surface area contributed by atoms with Crippen LogP contribution < -0.4 is 10.1 Å². The molecule has 4 heteroatoms.